The molecule has 0 unspecified atom stereocenters. The highest BCUT2D eigenvalue weighted by Crippen LogP contribution is 2.37. The second kappa shape index (κ2) is 9.40. The molecule has 2 saturated heterocycles. The zero-order chi connectivity index (χ0) is 23.9. The monoisotopic (exact) mass is 474 g/mol. The van der Waals surface area contributed by atoms with Gasteiger partial charge in [-0.25, -0.2) is 4.98 Å². The van der Waals surface area contributed by atoms with E-state index in [1.54, 1.807) is 0 Å². The number of fused-ring (bicyclic) bond motifs is 2. The molecule has 0 amide bonds. The van der Waals surface area contributed by atoms with Crippen LogP contribution in [0.15, 0.2) is 48.3 Å². The van der Waals surface area contributed by atoms with Crippen LogP contribution in [0.5, 0.6) is 5.75 Å². The maximum absolute atomic E-state index is 12.8. The Morgan fingerprint density at radius 1 is 1.06 bits per heavy atom. The van der Waals surface area contributed by atoms with E-state index in [0.29, 0.717) is 5.75 Å². The number of nitrogens with zero attached hydrogens (tertiary/aromatic N) is 4. The fraction of sp³-hybridized carbons (Fsp3) is 0.483. The van der Waals surface area contributed by atoms with E-state index in [-0.39, 0.29) is 12.6 Å². The van der Waals surface area contributed by atoms with Gasteiger partial charge in [0, 0.05) is 51.0 Å². The molecule has 0 bridgehead atoms. The molecule has 6 heteroatoms. The molecule has 35 heavy (non-hydrogen) atoms. The number of pyridine rings is 1. The lowest BCUT2D eigenvalue weighted by Crippen LogP contribution is -2.46. The third-order valence-electron chi connectivity index (χ3n) is 7.99. The molecule has 2 fully saturated rings. The Bertz CT molecular complexity index is 1260. The van der Waals surface area contributed by atoms with Crippen molar-refractivity contribution < 1.29 is 9.50 Å². The van der Waals surface area contributed by atoms with E-state index in [9.17, 15) is 9.50 Å². The van der Waals surface area contributed by atoms with Gasteiger partial charge in [-0.05, 0) is 90.2 Å². The number of aryl methyl sites for hydroxylation is 1. The van der Waals surface area contributed by atoms with Crippen molar-refractivity contribution in [2.24, 2.45) is 11.8 Å². The largest absolute Gasteiger partial charge is 0.508 e. The summed E-state index contributed by atoms with van der Waals surface area (Å²) in [5.74, 6) is 1.30. The van der Waals surface area contributed by atoms with E-state index in [2.05, 4.69) is 51.7 Å². The van der Waals surface area contributed by atoms with Crippen LogP contribution in [0.4, 0.5) is 4.39 Å². The average molecular weight is 475 g/mol. The predicted molar refractivity (Wildman–Crippen MR) is 137 cm³/mol. The maximum Gasteiger partial charge on any atom is 0.137 e. The van der Waals surface area contributed by atoms with Gasteiger partial charge in [-0.2, -0.15) is 0 Å². The minimum absolute atomic E-state index is 0.192. The molecule has 3 aromatic rings. The number of phenols is 1. The predicted octanol–water partition coefficient (Wildman–Crippen LogP) is 4.92. The molecule has 2 aliphatic heterocycles. The lowest BCUT2D eigenvalue weighted by atomic mass is 9.90. The summed E-state index contributed by atoms with van der Waals surface area (Å²) in [6.07, 6.45) is 8.66. The van der Waals surface area contributed by atoms with Crippen LogP contribution >= 0.6 is 0 Å². The second-order valence-corrected chi connectivity index (χ2v) is 10.9. The number of hydrogen-bond donors (Lipinski definition) is 1. The van der Waals surface area contributed by atoms with Crippen molar-refractivity contribution >= 4 is 11.2 Å². The third kappa shape index (κ3) is 4.62. The van der Waals surface area contributed by atoms with Gasteiger partial charge >= 0.3 is 0 Å². The van der Waals surface area contributed by atoms with Crippen molar-refractivity contribution in [1.82, 2.24) is 19.2 Å². The second-order valence-electron chi connectivity index (χ2n) is 10.9. The summed E-state index contributed by atoms with van der Waals surface area (Å²) in [6.45, 7) is 7.90. The number of halogens is 1. The summed E-state index contributed by atoms with van der Waals surface area (Å²) in [6, 6.07) is 10.3. The first-order valence-corrected chi connectivity index (χ1v) is 13.1. The number of hydrogen-bond acceptors (Lipinski definition) is 4. The number of rotatable bonds is 6. The molecule has 4 heterocycles. The lowest BCUT2D eigenvalue weighted by molar-refractivity contribution is 0.0727. The quantitative estimate of drug-likeness (QED) is 0.551. The van der Waals surface area contributed by atoms with Crippen LogP contribution in [-0.2, 0) is 13.0 Å². The van der Waals surface area contributed by atoms with E-state index >= 15 is 0 Å². The fourth-order valence-corrected chi connectivity index (χ4v) is 6.19. The fourth-order valence-electron chi connectivity index (χ4n) is 6.19. The van der Waals surface area contributed by atoms with Gasteiger partial charge in [0.2, 0.25) is 0 Å². The molecule has 1 aromatic carbocycles. The highest BCUT2D eigenvalue weighted by Gasteiger charge is 2.27. The van der Waals surface area contributed by atoms with Crippen molar-refractivity contribution in [2.45, 2.75) is 39.2 Å². The number of likely N-dealkylation sites (tertiary alicyclic amines) is 2. The highest BCUT2D eigenvalue weighted by atomic mass is 19.1. The van der Waals surface area contributed by atoms with Gasteiger partial charge in [0.25, 0.3) is 0 Å². The van der Waals surface area contributed by atoms with Crippen molar-refractivity contribution in [3.63, 3.8) is 0 Å². The molecule has 1 N–H and O–H groups in total. The summed E-state index contributed by atoms with van der Waals surface area (Å²) < 4.78 is 14.9. The van der Waals surface area contributed by atoms with E-state index in [4.69, 9.17) is 4.98 Å². The Hall–Kier alpha value is -2.70. The maximum atomic E-state index is 12.8. The summed E-state index contributed by atoms with van der Waals surface area (Å²) in [5, 5.41) is 10.2. The van der Waals surface area contributed by atoms with Gasteiger partial charge in [0.1, 0.15) is 11.4 Å². The van der Waals surface area contributed by atoms with E-state index in [0.717, 1.165) is 62.7 Å². The molecule has 1 atom stereocenters. The summed E-state index contributed by atoms with van der Waals surface area (Å²) >= 11 is 0. The van der Waals surface area contributed by atoms with Crippen molar-refractivity contribution in [3.8, 4) is 5.75 Å². The first-order chi connectivity index (χ1) is 17.1. The molecule has 184 valence electrons. The van der Waals surface area contributed by atoms with Gasteiger partial charge in [-0.1, -0.05) is 13.0 Å². The van der Waals surface area contributed by atoms with Gasteiger partial charge in [-0.15, -0.1) is 0 Å². The Kier molecular flexibility index (Phi) is 6.11. The summed E-state index contributed by atoms with van der Waals surface area (Å²) in [7, 11) is 0. The molecule has 0 radical (unpaired) electrons. The van der Waals surface area contributed by atoms with E-state index in [1.807, 2.05) is 12.1 Å². The normalized spacial score (nSPS) is 21.9. The minimum atomic E-state index is -0.224. The van der Waals surface area contributed by atoms with Crippen LogP contribution in [0.25, 0.3) is 11.2 Å². The third-order valence-corrected chi connectivity index (χ3v) is 7.99. The van der Waals surface area contributed by atoms with Crippen molar-refractivity contribution in [1.29, 1.82) is 0 Å². The van der Waals surface area contributed by atoms with Crippen molar-refractivity contribution in [3.05, 3.63) is 70.7 Å². The number of aromatic nitrogens is 2. The Morgan fingerprint density at radius 3 is 2.74 bits per heavy atom. The Morgan fingerprint density at radius 2 is 1.94 bits per heavy atom. The van der Waals surface area contributed by atoms with Crippen LogP contribution < -0.4 is 0 Å². The smallest absolute Gasteiger partial charge is 0.137 e. The molecule has 0 saturated carbocycles. The minimum Gasteiger partial charge on any atom is -0.508 e. The first-order valence-electron chi connectivity index (χ1n) is 13.1. The molecule has 6 rings (SSSR count). The zero-order valence-corrected chi connectivity index (χ0v) is 20.6. The number of benzene rings is 1. The SMILES string of the molecule is C[C@H]1CCN(CC2=C(c3ccn4cc(CN5CC(CF)C5)nc4c3)c3ccc(O)cc3CCC2)C1. The van der Waals surface area contributed by atoms with Crippen LogP contribution in [0.2, 0.25) is 0 Å². The average Bonchev–Trinajstić information content (AvgIpc) is 3.37. The molecule has 3 aliphatic rings. The topological polar surface area (TPSA) is 44.0 Å². The standard InChI is InChI=1S/C29H35FN4O/c1-20-7-9-32(14-20)17-24-4-2-3-22-11-26(35)5-6-27(22)29(24)23-8-10-34-19-25(31-28(34)12-23)18-33-15-21(13-30)16-33/h5-6,8,10-12,19-21,35H,2-4,7,9,13-18H2,1H3/t20-/m0/s1. The molecule has 5 nitrogen and oxygen atoms in total. The van der Waals surface area contributed by atoms with E-state index in [1.165, 1.54) is 47.3 Å². The van der Waals surface area contributed by atoms with Crippen molar-refractivity contribution in [2.75, 3.05) is 39.4 Å². The van der Waals surface area contributed by atoms with Crippen LogP contribution in [0.3, 0.4) is 0 Å². The summed E-state index contributed by atoms with van der Waals surface area (Å²) in [5.41, 5.74) is 8.48. The van der Waals surface area contributed by atoms with Gasteiger partial charge in [0.05, 0.1) is 12.4 Å². The number of alkyl halides is 1. The van der Waals surface area contributed by atoms with Crippen LogP contribution in [0, 0.1) is 11.8 Å². The summed E-state index contributed by atoms with van der Waals surface area (Å²) in [4.78, 5) is 9.80. The Balaban J connectivity index is 1.37. The first kappa shape index (κ1) is 22.7. The molecule has 0 spiro atoms. The molecular formula is C29H35FN4O. The van der Waals surface area contributed by atoms with Gasteiger partial charge < -0.3 is 9.51 Å². The number of imidazole rings is 1. The lowest BCUT2D eigenvalue weighted by Gasteiger charge is -2.37. The van der Waals surface area contributed by atoms with Gasteiger partial charge in [-0.3, -0.25) is 14.2 Å². The number of aromatic hydroxyl groups is 1. The van der Waals surface area contributed by atoms with Gasteiger partial charge in [0.15, 0.2) is 0 Å². The molecule has 1 aliphatic carbocycles. The molecular weight excluding hydrogens is 439 g/mol. The Labute approximate surface area is 206 Å². The number of phenolic OH excluding ortho intramolecular Hbond substituents is 1. The van der Waals surface area contributed by atoms with Crippen LogP contribution in [-0.4, -0.2) is 63.7 Å². The zero-order valence-electron chi connectivity index (χ0n) is 20.6. The van der Waals surface area contributed by atoms with Crippen LogP contribution in [0.1, 0.15) is 48.6 Å². The highest BCUT2D eigenvalue weighted by molar-refractivity contribution is 5.85. The van der Waals surface area contributed by atoms with E-state index < -0.39 is 0 Å². The molecule has 2 aromatic heterocycles.